The average Bonchev–Trinajstić information content (AvgIpc) is 3.20. The van der Waals surface area contributed by atoms with E-state index in [9.17, 15) is 19.5 Å². The number of rotatable bonds is 13. The molecule has 3 aliphatic heterocycles. The van der Waals surface area contributed by atoms with Gasteiger partial charge >= 0.3 is 0 Å². The number of carbonyl (C=O) groups is 3. The van der Waals surface area contributed by atoms with E-state index in [1.165, 1.54) is 56.3 Å². The van der Waals surface area contributed by atoms with Crippen molar-refractivity contribution in [3.8, 4) is 0 Å². The van der Waals surface area contributed by atoms with Crippen LogP contribution in [0, 0.1) is 0 Å². The highest BCUT2D eigenvalue weighted by molar-refractivity contribution is 6.42. The maximum absolute atomic E-state index is 14.3. The van der Waals surface area contributed by atoms with Crippen molar-refractivity contribution in [2.75, 3.05) is 29.4 Å². The van der Waals surface area contributed by atoms with E-state index in [2.05, 4.69) is 17.9 Å². The number of benzene rings is 6. The summed E-state index contributed by atoms with van der Waals surface area (Å²) in [4.78, 5) is 48.0. The van der Waals surface area contributed by atoms with Crippen LogP contribution in [0.3, 0.4) is 0 Å². The second-order valence-electron chi connectivity index (χ2n) is 15.8. The second kappa shape index (κ2) is 14.3. The smallest absolute Gasteiger partial charge is 0.265 e. The Hall–Kier alpha value is -5.01. The summed E-state index contributed by atoms with van der Waals surface area (Å²) >= 11 is 0. The maximum Gasteiger partial charge on any atom is 0.265 e. The van der Waals surface area contributed by atoms with Crippen molar-refractivity contribution >= 4 is 72.2 Å². The van der Waals surface area contributed by atoms with Gasteiger partial charge in [-0.1, -0.05) is 101 Å². The molecular formula is C47H49N3O4. The number of nitrogens with zero attached hydrogens (tertiary/aromatic N) is 3. The van der Waals surface area contributed by atoms with E-state index < -0.39 is 6.23 Å². The summed E-state index contributed by atoms with van der Waals surface area (Å²) in [5, 5.41) is 18.7. The van der Waals surface area contributed by atoms with E-state index in [0.29, 0.717) is 34.3 Å². The van der Waals surface area contributed by atoms with Crippen molar-refractivity contribution in [3.63, 3.8) is 0 Å². The number of piperidine rings is 1. The van der Waals surface area contributed by atoms with E-state index in [1.54, 1.807) is 4.90 Å². The van der Waals surface area contributed by atoms with Crippen molar-refractivity contribution in [2.24, 2.45) is 0 Å². The van der Waals surface area contributed by atoms with Crippen molar-refractivity contribution in [1.29, 1.82) is 0 Å². The summed E-state index contributed by atoms with van der Waals surface area (Å²) in [5.41, 5.74) is 4.00. The number of hydrogen-bond donors (Lipinski definition) is 1. The molecule has 9 rings (SSSR count). The first-order chi connectivity index (χ1) is 26.5. The molecule has 7 heteroatoms. The lowest BCUT2D eigenvalue weighted by molar-refractivity contribution is 0.00419. The Morgan fingerprint density at radius 3 is 1.69 bits per heavy atom. The lowest BCUT2D eigenvalue weighted by Crippen LogP contribution is -2.40. The number of unbranched alkanes of at least 4 members (excludes halogenated alkanes) is 9. The highest BCUT2D eigenvalue weighted by atomic mass is 16.3. The van der Waals surface area contributed by atoms with Crippen LogP contribution in [0.5, 0.6) is 0 Å². The second-order valence-corrected chi connectivity index (χ2v) is 15.8. The zero-order valence-electron chi connectivity index (χ0n) is 31.3. The van der Waals surface area contributed by atoms with Gasteiger partial charge in [0.05, 0.1) is 5.69 Å². The van der Waals surface area contributed by atoms with Gasteiger partial charge in [0.25, 0.3) is 17.7 Å². The number of aliphatic hydroxyl groups is 1. The fraction of sp³-hybridized carbons (Fsp3) is 0.383. The van der Waals surface area contributed by atoms with Crippen molar-refractivity contribution in [3.05, 3.63) is 95.1 Å². The first-order valence-electron chi connectivity index (χ1n) is 20.4. The number of amides is 3. The number of hydrogen-bond acceptors (Lipinski definition) is 5. The van der Waals surface area contributed by atoms with Gasteiger partial charge in [-0.2, -0.15) is 0 Å². The minimum atomic E-state index is -1.01. The van der Waals surface area contributed by atoms with Gasteiger partial charge in [-0.25, -0.2) is 4.90 Å². The highest BCUT2D eigenvalue weighted by Crippen LogP contribution is 2.48. The van der Waals surface area contributed by atoms with E-state index >= 15 is 0 Å². The molecule has 1 N–H and O–H groups in total. The van der Waals surface area contributed by atoms with Crippen molar-refractivity contribution in [2.45, 2.75) is 96.6 Å². The molecule has 7 nitrogen and oxygen atoms in total. The Balaban J connectivity index is 1.03. The molecule has 6 aromatic carbocycles. The summed E-state index contributed by atoms with van der Waals surface area (Å²) < 4.78 is 0. The maximum atomic E-state index is 14.3. The lowest BCUT2D eigenvalue weighted by atomic mass is 9.82. The fourth-order valence-electron chi connectivity index (χ4n) is 9.64. The van der Waals surface area contributed by atoms with E-state index in [1.807, 2.05) is 66.7 Å². The first kappa shape index (κ1) is 34.7. The molecule has 0 radical (unpaired) electrons. The molecule has 3 aliphatic rings. The Labute approximate surface area is 316 Å². The van der Waals surface area contributed by atoms with Gasteiger partial charge < -0.3 is 14.9 Å². The molecule has 54 heavy (non-hydrogen) atoms. The van der Waals surface area contributed by atoms with Crippen LogP contribution in [0.2, 0.25) is 0 Å². The molecule has 0 bridgehead atoms. The number of aliphatic hydroxyl groups excluding tert-OH is 1. The standard InChI is InChI=1S/C47H49N3O4/c1-2-3-4-5-6-7-8-9-10-14-28-49-44(51)36-22-18-32-34-20-24-38-43-39(25-21-35(41(34)43)33-19-23-37(45(49)52)42(36)40(32)33)47(54)50(46(38)53)31-17-15-16-30(29-31)48-26-12-11-13-27-48/h15-25,29,44,51H,2-14,26-28H2,1H3. The number of carbonyl (C=O) groups excluding carboxylic acids is 3. The highest BCUT2D eigenvalue weighted by Gasteiger charge is 2.37. The fourth-order valence-corrected chi connectivity index (χ4v) is 9.64. The molecule has 0 saturated carbocycles. The third-order valence-corrected chi connectivity index (χ3v) is 12.4. The topological polar surface area (TPSA) is 81.2 Å². The molecule has 3 heterocycles. The van der Waals surface area contributed by atoms with Crippen LogP contribution in [0.1, 0.15) is 133 Å². The Bertz CT molecular complexity index is 2360. The summed E-state index contributed by atoms with van der Waals surface area (Å²) in [7, 11) is 0. The van der Waals surface area contributed by atoms with Gasteiger partial charge in [0.1, 0.15) is 0 Å². The zero-order valence-corrected chi connectivity index (χ0v) is 31.3. The Morgan fingerprint density at radius 1 is 0.556 bits per heavy atom. The average molecular weight is 720 g/mol. The summed E-state index contributed by atoms with van der Waals surface area (Å²) in [6.45, 7) is 4.72. The molecule has 6 aromatic rings. The summed E-state index contributed by atoms with van der Waals surface area (Å²) in [5.74, 6) is -0.773. The van der Waals surface area contributed by atoms with Gasteiger partial charge in [0, 0.05) is 58.3 Å². The van der Waals surface area contributed by atoms with Gasteiger partial charge in [-0.15, -0.1) is 0 Å². The SMILES string of the molecule is CCCCCCCCCCCCN1C(=O)c2ccc3c4ccc5c6c(ccc(c7ccc(c2c37)C1O)c64)C(=O)N(c1cccc(N2CCCCC2)c1)C5=O. The van der Waals surface area contributed by atoms with E-state index in [4.69, 9.17) is 0 Å². The van der Waals surface area contributed by atoms with Crippen LogP contribution in [0.15, 0.2) is 72.8 Å². The van der Waals surface area contributed by atoms with Crippen LogP contribution in [0.25, 0.3) is 43.1 Å². The molecule has 276 valence electrons. The molecule has 0 aliphatic carbocycles. The molecule has 0 aromatic heterocycles. The predicted octanol–water partition coefficient (Wildman–Crippen LogP) is 10.9. The molecule has 0 spiro atoms. The third kappa shape index (κ3) is 5.62. The number of fused-ring (bicyclic) bond motifs is 2. The first-order valence-corrected chi connectivity index (χ1v) is 20.4. The molecular weight excluding hydrogens is 671 g/mol. The summed E-state index contributed by atoms with van der Waals surface area (Å²) in [6, 6.07) is 23.4. The zero-order chi connectivity index (χ0) is 36.9. The van der Waals surface area contributed by atoms with Crippen LogP contribution in [0.4, 0.5) is 11.4 Å². The molecule has 1 saturated heterocycles. The van der Waals surface area contributed by atoms with Gasteiger partial charge in [-0.05, 0) is 94.4 Å². The molecule has 1 fully saturated rings. The predicted molar refractivity (Wildman–Crippen MR) is 219 cm³/mol. The quantitative estimate of drug-likeness (QED) is 0.0556. The van der Waals surface area contributed by atoms with Gasteiger partial charge in [0.15, 0.2) is 6.23 Å². The van der Waals surface area contributed by atoms with Gasteiger partial charge in [-0.3, -0.25) is 14.4 Å². The van der Waals surface area contributed by atoms with Crippen LogP contribution in [-0.4, -0.2) is 47.4 Å². The van der Waals surface area contributed by atoms with Gasteiger partial charge in [0.2, 0.25) is 0 Å². The monoisotopic (exact) mass is 719 g/mol. The van der Waals surface area contributed by atoms with Crippen molar-refractivity contribution in [1.82, 2.24) is 4.90 Å². The minimum absolute atomic E-state index is 0.133. The minimum Gasteiger partial charge on any atom is -0.371 e. The van der Waals surface area contributed by atoms with Crippen LogP contribution < -0.4 is 9.80 Å². The lowest BCUT2D eigenvalue weighted by Gasteiger charge is -2.35. The van der Waals surface area contributed by atoms with E-state index in [-0.39, 0.29) is 17.7 Å². The number of anilines is 2. The molecule has 3 amide bonds. The molecule has 1 atom stereocenters. The number of imide groups is 1. The van der Waals surface area contributed by atoms with Crippen LogP contribution >= 0.6 is 0 Å². The van der Waals surface area contributed by atoms with E-state index in [0.717, 1.165) is 94.1 Å². The normalized spacial score (nSPS) is 17.3. The Morgan fingerprint density at radius 2 is 1.07 bits per heavy atom. The third-order valence-electron chi connectivity index (χ3n) is 12.4. The van der Waals surface area contributed by atoms with Crippen LogP contribution in [-0.2, 0) is 0 Å². The Kier molecular flexibility index (Phi) is 9.22. The van der Waals surface area contributed by atoms with Crippen molar-refractivity contribution < 1.29 is 19.5 Å². The largest absolute Gasteiger partial charge is 0.371 e. The summed E-state index contributed by atoms with van der Waals surface area (Å²) in [6.07, 6.45) is 14.6. The molecule has 1 unspecified atom stereocenters.